The molecule has 2 rings (SSSR count). The number of carbonyl (C=O) groups is 1. The zero-order valence-electron chi connectivity index (χ0n) is 11.8. The van der Waals surface area contributed by atoms with Crippen molar-refractivity contribution in [3.8, 4) is 0 Å². The van der Waals surface area contributed by atoms with Gasteiger partial charge < -0.3 is 10.8 Å². The predicted molar refractivity (Wildman–Crippen MR) is 77.6 cm³/mol. The molecule has 0 unspecified atom stereocenters. The highest BCUT2D eigenvalue weighted by Crippen LogP contribution is 2.15. The summed E-state index contributed by atoms with van der Waals surface area (Å²) in [6.07, 6.45) is -2.85. The SMILES string of the molecule is NC1CCN(Cc2ccc(Cl)cc2)CC1.O=C(O)C(F)(F)F. The molecule has 0 saturated carbocycles. The summed E-state index contributed by atoms with van der Waals surface area (Å²) in [4.78, 5) is 11.3. The van der Waals surface area contributed by atoms with Gasteiger partial charge in [0.05, 0.1) is 0 Å². The van der Waals surface area contributed by atoms with E-state index in [1.165, 1.54) is 5.56 Å². The maximum absolute atomic E-state index is 10.6. The largest absolute Gasteiger partial charge is 0.490 e. The Hall–Kier alpha value is -1.31. The fourth-order valence-corrected chi connectivity index (χ4v) is 2.09. The van der Waals surface area contributed by atoms with Gasteiger partial charge in [-0.15, -0.1) is 0 Å². The number of aliphatic carboxylic acids is 1. The van der Waals surface area contributed by atoms with Gasteiger partial charge in [0.25, 0.3) is 0 Å². The van der Waals surface area contributed by atoms with Crippen LogP contribution in [0.15, 0.2) is 24.3 Å². The molecule has 1 aromatic rings. The smallest absolute Gasteiger partial charge is 0.475 e. The number of benzene rings is 1. The number of hydrogen-bond acceptors (Lipinski definition) is 3. The Bertz CT molecular complexity index is 472. The lowest BCUT2D eigenvalue weighted by molar-refractivity contribution is -0.192. The molecule has 1 fully saturated rings. The first kappa shape index (κ1) is 18.7. The van der Waals surface area contributed by atoms with E-state index < -0.39 is 12.1 Å². The molecule has 0 atom stereocenters. The van der Waals surface area contributed by atoms with Crippen LogP contribution in [-0.4, -0.2) is 41.3 Å². The summed E-state index contributed by atoms with van der Waals surface area (Å²) < 4.78 is 31.7. The quantitative estimate of drug-likeness (QED) is 0.870. The lowest BCUT2D eigenvalue weighted by Gasteiger charge is -2.30. The number of hydrogen-bond donors (Lipinski definition) is 2. The fourth-order valence-electron chi connectivity index (χ4n) is 1.96. The van der Waals surface area contributed by atoms with Crippen LogP contribution < -0.4 is 5.73 Å². The average Bonchev–Trinajstić information content (AvgIpc) is 2.43. The molecule has 1 heterocycles. The van der Waals surface area contributed by atoms with Crippen LogP contribution in [0.4, 0.5) is 13.2 Å². The lowest BCUT2D eigenvalue weighted by atomic mass is 10.1. The minimum absolute atomic E-state index is 0.409. The van der Waals surface area contributed by atoms with Crippen molar-refractivity contribution >= 4 is 17.6 Å². The van der Waals surface area contributed by atoms with Crippen molar-refractivity contribution in [2.24, 2.45) is 5.73 Å². The molecule has 1 aliphatic rings. The van der Waals surface area contributed by atoms with Gasteiger partial charge in [-0.05, 0) is 43.6 Å². The third kappa shape index (κ3) is 7.11. The molecule has 124 valence electrons. The van der Waals surface area contributed by atoms with Gasteiger partial charge >= 0.3 is 12.1 Å². The Labute approximate surface area is 131 Å². The molecule has 0 spiro atoms. The van der Waals surface area contributed by atoms with Crippen LogP contribution in [0.2, 0.25) is 5.02 Å². The molecule has 1 aromatic carbocycles. The third-order valence-corrected chi connectivity index (χ3v) is 3.45. The van der Waals surface area contributed by atoms with E-state index in [9.17, 15) is 13.2 Å². The molecule has 0 bridgehead atoms. The highest BCUT2D eigenvalue weighted by atomic mass is 35.5. The third-order valence-electron chi connectivity index (χ3n) is 3.19. The van der Waals surface area contributed by atoms with Crippen molar-refractivity contribution in [1.29, 1.82) is 0 Å². The number of carboxylic acids is 1. The van der Waals surface area contributed by atoms with Crippen LogP contribution in [-0.2, 0) is 11.3 Å². The van der Waals surface area contributed by atoms with E-state index >= 15 is 0 Å². The summed E-state index contributed by atoms with van der Waals surface area (Å²) in [6.45, 7) is 3.25. The average molecular weight is 339 g/mol. The number of likely N-dealkylation sites (tertiary alicyclic amines) is 1. The van der Waals surface area contributed by atoms with E-state index in [1.807, 2.05) is 12.1 Å². The van der Waals surface area contributed by atoms with E-state index in [0.29, 0.717) is 6.04 Å². The minimum atomic E-state index is -5.08. The van der Waals surface area contributed by atoms with Crippen molar-refractivity contribution in [2.75, 3.05) is 13.1 Å². The Kier molecular flexibility index (Phi) is 7.12. The van der Waals surface area contributed by atoms with Gasteiger partial charge in [0.15, 0.2) is 0 Å². The maximum Gasteiger partial charge on any atom is 0.490 e. The van der Waals surface area contributed by atoms with E-state index in [1.54, 1.807) is 0 Å². The second-order valence-corrected chi connectivity index (χ2v) is 5.48. The molecule has 4 nitrogen and oxygen atoms in total. The number of halogens is 4. The van der Waals surface area contributed by atoms with E-state index in [-0.39, 0.29) is 0 Å². The van der Waals surface area contributed by atoms with Crippen molar-refractivity contribution in [3.05, 3.63) is 34.9 Å². The molecule has 0 amide bonds. The molecular weight excluding hydrogens is 321 g/mol. The first-order chi connectivity index (χ1) is 10.2. The van der Waals surface area contributed by atoms with Crippen molar-refractivity contribution in [1.82, 2.24) is 4.90 Å². The van der Waals surface area contributed by atoms with Crippen molar-refractivity contribution in [2.45, 2.75) is 31.6 Å². The van der Waals surface area contributed by atoms with Gasteiger partial charge in [0.1, 0.15) is 0 Å². The minimum Gasteiger partial charge on any atom is -0.475 e. The molecule has 0 radical (unpaired) electrons. The highest BCUT2D eigenvalue weighted by molar-refractivity contribution is 6.30. The number of piperidine rings is 1. The standard InChI is InChI=1S/C12H17ClN2.C2HF3O2/c13-11-3-1-10(2-4-11)9-15-7-5-12(14)6-8-15;3-2(4,5)1(6)7/h1-4,12H,5-9,14H2;(H,6,7). The second kappa shape index (κ2) is 8.36. The van der Waals surface area contributed by atoms with E-state index in [0.717, 1.165) is 37.5 Å². The topological polar surface area (TPSA) is 66.6 Å². The Balaban J connectivity index is 0.000000295. The number of carboxylic acid groups (broad SMARTS) is 1. The zero-order valence-corrected chi connectivity index (χ0v) is 12.6. The van der Waals surface area contributed by atoms with Crippen molar-refractivity contribution in [3.63, 3.8) is 0 Å². The van der Waals surface area contributed by atoms with Gasteiger partial charge in [0.2, 0.25) is 0 Å². The predicted octanol–water partition coefficient (Wildman–Crippen LogP) is 2.90. The van der Waals surface area contributed by atoms with E-state index in [4.69, 9.17) is 27.2 Å². The Morgan fingerprint density at radius 3 is 2.14 bits per heavy atom. The molecule has 3 N–H and O–H groups in total. The second-order valence-electron chi connectivity index (χ2n) is 5.04. The summed E-state index contributed by atoms with van der Waals surface area (Å²) in [5, 5.41) is 7.93. The summed E-state index contributed by atoms with van der Waals surface area (Å²) in [5.41, 5.74) is 7.19. The summed E-state index contributed by atoms with van der Waals surface area (Å²) in [6, 6.07) is 8.50. The van der Waals surface area contributed by atoms with Crippen LogP contribution in [0.5, 0.6) is 0 Å². The number of nitrogens with zero attached hydrogens (tertiary/aromatic N) is 1. The van der Waals surface area contributed by atoms with Gasteiger partial charge in [-0.1, -0.05) is 23.7 Å². The molecule has 0 aromatic heterocycles. The van der Waals surface area contributed by atoms with Crippen molar-refractivity contribution < 1.29 is 23.1 Å². The summed E-state index contributed by atoms with van der Waals surface area (Å²) in [5.74, 6) is -2.76. The van der Waals surface area contributed by atoms with Gasteiger partial charge in [-0.2, -0.15) is 13.2 Å². The summed E-state index contributed by atoms with van der Waals surface area (Å²) in [7, 11) is 0. The Morgan fingerprint density at radius 1 is 1.27 bits per heavy atom. The van der Waals surface area contributed by atoms with Crippen LogP contribution in [0.1, 0.15) is 18.4 Å². The molecule has 1 saturated heterocycles. The Morgan fingerprint density at radius 2 is 1.73 bits per heavy atom. The summed E-state index contributed by atoms with van der Waals surface area (Å²) >= 11 is 5.84. The molecule has 8 heteroatoms. The van der Waals surface area contributed by atoms with Crippen LogP contribution in [0, 0.1) is 0 Å². The van der Waals surface area contributed by atoms with Crippen LogP contribution in [0.3, 0.4) is 0 Å². The maximum atomic E-state index is 10.6. The number of rotatable bonds is 2. The van der Waals surface area contributed by atoms with Gasteiger partial charge in [0, 0.05) is 17.6 Å². The van der Waals surface area contributed by atoms with Gasteiger partial charge in [-0.25, -0.2) is 4.79 Å². The molecular formula is C14H18ClF3N2O2. The molecule has 1 aliphatic heterocycles. The van der Waals surface area contributed by atoms with E-state index in [2.05, 4.69) is 17.0 Å². The normalized spacial score (nSPS) is 16.8. The van der Waals surface area contributed by atoms with Gasteiger partial charge in [-0.3, -0.25) is 4.90 Å². The monoisotopic (exact) mass is 338 g/mol. The fraction of sp³-hybridized carbons (Fsp3) is 0.500. The lowest BCUT2D eigenvalue weighted by Crippen LogP contribution is -2.39. The number of nitrogens with two attached hydrogens (primary N) is 1. The molecule has 22 heavy (non-hydrogen) atoms. The first-order valence-corrected chi connectivity index (χ1v) is 7.09. The number of alkyl halides is 3. The van der Waals surface area contributed by atoms with Crippen LogP contribution in [0.25, 0.3) is 0 Å². The zero-order chi connectivity index (χ0) is 16.8. The first-order valence-electron chi connectivity index (χ1n) is 6.71. The molecule has 0 aliphatic carbocycles. The van der Waals surface area contributed by atoms with Crippen LogP contribution >= 0.6 is 11.6 Å². The highest BCUT2D eigenvalue weighted by Gasteiger charge is 2.38.